The number of ether oxygens (including phenoxy) is 1. The van der Waals surface area contributed by atoms with Gasteiger partial charge in [-0.05, 0) is 35.9 Å². The third kappa shape index (κ3) is 2.20. The largest absolute Gasteiger partial charge is 0.496 e. The monoisotopic (exact) mass is 302 g/mol. The molecule has 21 heavy (non-hydrogen) atoms. The smallest absolute Gasteiger partial charge is 0.133 e. The Bertz CT molecular complexity index is 792. The van der Waals surface area contributed by atoms with Gasteiger partial charge in [-0.25, -0.2) is 4.39 Å². The normalized spacial score (nSPS) is 14.1. The molecular weight excluding hydrogens is 287 g/mol. The molecule has 1 unspecified atom stereocenters. The SMILES string of the molecule is COc1cccc(F)c1C(C)(O)c1cccc2ccsc12. The van der Waals surface area contributed by atoms with Crippen LogP contribution in [-0.2, 0) is 5.60 Å². The Morgan fingerprint density at radius 1 is 1.14 bits per heavy atom. The molecule has 0 spiro atoms. The average molecular weight is 302 g/mol. The van der Waals surface area contributed by atoms with Crippen molar-refractivity contribution in [3.8, 4) is 5.75 Å². The van der Waals surface area contributed by atoms with Crippen LogP contribution in [0.4, 0.5) is 4.39 Å². The molecule has 3 rings (SSSR count). The molecule has 2 aromatic carbocycles. The molecule has 1 aromatic heterocycles. The molecule has 0 aliphatic carbocycles. The van der Waals surface area contributed by atoms with E-state index in [1.807, 2.05) is 29.6 Å². The first-order chi connectivity index (χ1) is 10.1. The highest BCUT2D eigenvalue weighted by Crippen LogP contribution is 2.41. The van der Waals surface area contributed by atoms with Gasteiger partial charge in [0, 0.05) is 10.3 Å². The van der Waals surface area contributed by atoms with E-state index in [4.69, 9.17) is 4.74 Å². The summed E-state index contributed by atoms with van der Waals surface area (Å²) >= 11 is 1.53. The summed E-state index contributed by atoms with van der Waals surface area (Å²) in [6.07, 6.45) is 0. The van der Waals surface area contributed by atoms with Crippen LogP contribution in [0.5, 0.6) is 5.75 Å². The second-order valence-corrected chi connectivity index (χ2v) is 5.95. The summed E-state index contributed by atoms with van der Waals surface area (Å²) in [5, 5.41) is 14.0. The van der Waals surface area contributed by atoms with Crippen molar-refractivity contribution in [2.75, 3.05) is 7.11 Å². The molecule has 0 aliphatic rings. The van der Waals surface area contributed by atoms with Crippen molar-refractivity contribution in [2.45, 2.75) is 12.5 Å². The van der Waals surface area contributed by atoms with Gasteiger partial charge in [0.2, 0.25) is 0 Å². The maximum atomic E-state index is 14.3. The molecule has 1 N–H and O–H groups in total. The van der Waals surface area contributed by atoms with Gasteiger partial charge in [-0.15, -0.1) is 11.3 Å². The second kappa shape index (κ2) is 5.13. The summed E-state index contributed by atoms with van der Waals surface area (Å²) in [5.74, 6) is -0.138. The molecule has 3 aromatic rings. The first-order valence-electron chi connectivity index (χ1n) is 6.57. The van der Waals surface area contributed by atoms with Gasteiger partial charge in [-0.3, -0.25) is 0 Å². The number of benzene rings is 2. The van der Waals surface area contributed by atoms with Gasteiger partial charge in [0.25, 0.3) is 0 Å². The minimum Gasteiger partial charge on any atom is -0.496 e. The van der Waals surface area contributed by atoms with Crippen LogP contribution < -0.4 is 4.74 Å². The van der Waals surface area contributed by atoms with E-state index in [0.717, 1.165) is 10.1 Å². The summed E-state index contributed by atoms with van der Waals surface area (Å²) < 4.78 is 20.5. The fourth-order valence-electron chi connectivity index (χ4n) is 2.66. The fourth-order valence-corrected chi connectivity index (χ4v) is 3.67. The van der Waals surface area contributed by atoms with E-state index in [0.29, 0.717) is 11.3 Å². The van der Waals surface area contributed by atoms with E-state index in [1.165, 1.54) is 24.5 Å². The molecule has 1 heterocycles. The lowest BCUT2D eigenvalue weighted by Crippen LogP contribution is -2.25. The van der Waals surface area contributed by atoms with E-state index in [2.05, 4.69) is 0 Å². The van der Waals surface area contributed by atoms with Crippen molar-refractivity contribution in [1.82, 2.24) is 0 Å². The third-order valence-corrected chi connectivity index (χ3v) is 4.65. The van der Waals surface area contributed by atoms with Gasteiger partial charge in [0.15, 0.2) is 0 Å². The lowest BCUT2D eigenvalue weighted by molar-refractivity contribution is 0.0962. The predicted molar refractivity (Wildman–Crippen MR) is 83.4 cm³/mol. The van der Waals surface area contributed by atoms with Crippen LogP contribution in [-0.4, -0.2) is 12.2 Å². The van der Waals surface area contributed by atoms with Crippen molar-refractivity contribution in [3.63, 3.8) is 0 Å². The molecule has 0 bridgehead atoms. The third-order valence-electron chi connectivity index (χ3n) is 3.69. The Balaban J connectivity index is 2.28. The van der Waals surface area contributed by atoms with E-state index in [1.54, 1.807) is 19.1 Å². The number of hydrogen-bond acceptors (Lipinski definition) is 3. The molecular formula is C17H15FO2S. The maximum Gasteiger partial charge on any atom is 0.133 e. The van der Waals surface area contributed by atoms with E-state index in [9.17, 15) is 9.50 Å². The number of fused-ring (bicyclic) bond motifs is 1. The van der Waals surface area contributed by atoms with Crippen molar-refractivity contribution >= 4 is 21.4 Å². The summed E-state index contributed by atoms with van der Waals surface area (Å²) in [4.78, 5) is 0. The van der Waals surface area contributed by atoms with Crippen LogP contribution in [0.15, 0.2) is 47.8 Å². The average Bonchev–Trinajstić information content (AvgIpc) is 2.94. The quantitative estimate of drug-likeness (QED) is 0.781. The van der Waals surface area contributed by atoms with E-state index in [-0.39, 0.29) is 5.56 Å². The first kappa shape index (κ1) is 14.0. The Kier molecular flexibility index (Phi) is 3.43. The predicted octanol–water partition coefficient (Wildman–Crippen LogP) is 4.30. The summed E-state index contributed by atoms with van der Waals surface area (Å²) in [6.45, 7) is 1.60. The highest BCUT2D eigenvalue weighted by Gasteiger charge is 2.33. The molecule has 0 amide bonds. The van der Waals surface area contributed by atoms with Gasteiger partial charge in [-0.2, -0.15) is 0 Å². The molecule has 1 atom stereocenters. The van der Waals surface area contributed by atoms with Gasteiger partial charge < -0.3 is 9.84 Å². The Morgan fingerprint density at radius 3 is 2.67 bits per heavy atom. The fraction of sp³-hybridized carbons (Fsp3) is 0.176. The topological polar surface area (TPSA) is 29.5 Å². The summed E-state index contributed by atoms with van der Waals surface area (Å²) in [5.41, 5.74) is -0.632. The minimum absolute atomic E-state index is 0.161. The number of halogens is 1. The Hall–Kier alpha value is -1.91. The lowest BCUT2D eigenvalue weighted by atomic mass is 9.86. The number of rotatable bonds is 3. The molecule has 108 valence electrons. The van der Waals surface area contributed by atoms with Crippen LogP contribution in [0.1, 0.15) is 18.1 Å². The number of methoxy groups -OCH3 is 1. The molecule has 2 nitrogen and oxygen atoms in total. The minimum atomic E-state index is -1.47. The molecule has 0 fully saturated rings. The van der Waals surface area contributed by atoms with Crippen LogP contribution >= 0.6 is 11.3 Å². The van der Waals surface area contributed by atoms with E-state index < -0.39 is 11.4 Å². The summed E-state index contributed by atoms with van der Waals surface area (Å²) in [6, 6.07) is 12.2. The number of hydrogen-bond donors (Lipinski definition) is 1. The molecule has 4 heteroatoms. The lowest BCUT2D eigenvalue weighted by Gasteiger charge is -2.27. The Morgan fingerprint density at radius 2 is 1.90 bits per heavy atom. The van der Waals surface area contributed by atoms with Crippen molar-refractivity contribution < 1.29 is 14.2 Å². The number of thiophene rings is 1. The zero-order valence-electron chi connectivity index (χ0n) is 11.8. The van der Waals surface area contributed by atoms with Crippen LogP contribution in [0.2, 0.25) is 0 Å². The first-order valence-corrected chi connectivity index (χ1v) is 7.45. The van der Waals surface area contributed by atoms with Crippen molar-refractivity contribution in [3.05, 3.63) is 64.8 Å². The molecule has 0 saturated heterocycles. The maximum absolute atomic E-state index is 14.3. The highest BCUT2D eigenvalue weighted by atomic mass is 32.1. The molecule has 0 aliphatic heterocycles. The van der Waals surface area contributed by atoms with E-state index >= 15 is 0 Å². The van der Waals surface area contributed by atoms with Crippen LogP contribution in [0.25, 0.3) is 10.1 Å². The van der Waals surface area contributed by atoms with Crippen LogP contribution in [0.3, 0.4) is 0 Å². The van der Waals surface area contributed by atoms with Gasteiger partial charge >= 0.3 is 0 Å². The highest BCUT2D eigenvalue weighted by molar-refractivity contribution is 7.17. The molecule has 0 saturated carbocycles. The zero-order valence-corrected chi connectivity index (χ0v) is 12.6. The zero-order chi connectivity index (χ0) is 15.0. The van der Waals surface area contributed by atoms with Crippen LogP contribution in [0, 0.1) is 5.82 Å². The summed E-state index contributed by atoms with van der Waals surface area (Å²) in [7, 11) is 1.47. The second-order valence-electron chi connectivity index (χ2n) is 5.03. The van der Waals surface area contributed by atoms with Gasteiger partial charge in [-0.1, -0.05) is 24.3 Å². The van der Waals surface area contributed by atoms with Gasteiger partial charge in [0.1, 0.15) is 17.2 Å². The Labute approximate surface area is 126 Å². The van der Waals surface area contributed by atoms with Crippen molar-refractivity contribution in [1.29, 1.82) is 0 Å². The molecule has 0 radical (unpaired) electrons. The van der Waals surface area contributed by atoms with Gasteiger partial charge in [0.05, 0.1) is 12.7 Å². The standard InChI is InChI=1S/C17H15FO2S/c1-17(19,15-13(18)7-4-8-14(15)20-2)12-6-3-5-11-9-10-21-16(11)12/h3-10,19H,1-2H3. The number of aliphatic hydroxyl groups is 1. The van der Waals surface area contributed by atoms with Crippen molar-refractivity contribution in [2.24, 2.45) is 0 Å².